The average Bonchev–Trinajstić information content (AvgIpc) is 2.90. The maximum absolute atomic E-state index is 10.8. The van der Waals surface area contributed by atoms with Crippen LogP contribution in [-0.4, -0.2) is 37.6 Å². The standard InChI is InChI=1S/C18H24N2O4.C10H14.C2H6/c1-11-13(18(22)12-6-4-5-7-14(12)23-2)10-15(24-3)17(16(11)19)20-8-9-21;1-8(2)10-6-4-9(3)5-7-10;1-2/h4-7,10,18,20-22H,8-9,19H2,1-3H3;4-8H,1-3H3;1-2H3. The molecule has 6 nitrogen and oxygen atoms in total. The van der Waals surface area contributed by atoms with Crippen molar-refractivity contribution in [1.82, 2.24) is 0 Å². The molecule has 3 aromatic carbocycles. The zero-order valence-electron chi connectivity index (χ0n) is 23.1. The SMILES string of the molecule is CC.COc1ccccc1C(O)c1cc(OC)c(NCCO)c(N)c1C.Cc1ccc(C(C)C)cc1. The van der Waals surface area contributed by atoms with Gasteiger partial charge in [0, 0.05) is 12.1 Å². The fraction of sp³-hybridized carbons (Fsp3) is 0.400. The Morgan fingerprint density at radius 3 is 2.00 bits per heavy atom. The number of nitrogens with one attached hydrogen (secondary N) is 1. The number of aliphatic hydroxyl groups is 2. The van der Waals surface area contributed by atoms with Crippen molar-refractivity contribution in [2.24, 2.45) is 0 Å². The smallest absolute Gasteiger partial charge is 0.144 e. The normalized spacial score (nSPS) is 11.0. The molecule has 0 saturated carbocycles. The molecule has 0 heterocycles. The largest absolute Gasteiger partial charge is 0.496 e. The first-order valence-electron chi connectivity index (χ1n) is 12.4. The number of rotatable bonds is 8. The molecule has 0 bridgehead atoms. The van der Waals surface area contributed by atoms with Crippen LogP contribution >= 0.6 is 0 Å². The number of aryl methyl sites for hydroxylation is 1. The summed E-state index contributed by atoms with van der Waals surface area (Å²) in [6, 6.07) is 17.8. The molecular formula is C30H44N2O4. The maximum atomic E-state index is 10.8. The summed E-state index contributed by atoms with van der Waals surface area (Å²) in [5.41, 5.74) is 12.1. The van der Waals surface area contributed by atoms with E-state index in [-0.39, 0.29) is 6.61 Å². The highest BCUT2D eigenvalue weighted by molar-refractivity contribution is 5.78. The van der Waals surface area contributed by atoms with Gasteiger partial charge in [-0.3, -0.25) is 0 Å². The van der Waals surface area contributed by atoms with E-state index in [4.69, 9.17) is 20.3 Å². The third-order valence-electron chi connectivity index (χ3n) is 5.74. The van der Waals surface area contributed by atoms with Crippen molar-refractivity contribution in [2.75, 3.05) is 38.4 Å². The first-order valence-corrected chi connectivity index (χ1v) is 12.4. The number of anilines is 2. The number of aliphatic hydroxyl groups excluding tert-OH is 2. The fourth-order valence-corrected chi connectivity index (χ4v) is 3.62. The van der Waals surface area contributed by atoms with Gasteiger partial charge in [0.05, 0.1) is 26.5 Å². The molecule has 0 saturated heterocycles. The highest BCUT2D eigenvalue weighted by atomic mass is 16.5. The van der Waals surface area contributed by atoms with Gasteiger partial charge in [-0.05, 0) is 48.6 Å². The van der Waals surface area contributed by atoms with Gasteiger partial charge in [-0.2, -0.15) is 0 Å². The van der Waals surface area contributed by atoms with Crippen LogP contribution in [0.5, 0.6) is 11.5 Å². The molecule has 0 aromatic heterocycles. The number of nitrogens with two attached hydrogens (primary N) is 1. The van der Waals surface area contributed by atoms with Crippen LogP contribution in [0.15, 0.2) is 54.6 Å². The third kappa shape index (κ3) is 8.18. The molecule has 36 heavy (non-hydrogen) atoms. The predicted molar refractivity (Wildman–Crippen MR) is 151 cm³/mol. The van der Waals surface area contributed by atoms with Gasteiger partial charge in [0.1, 0.15) is 23.3 Å². The monoisotopic (exact) mass is 496 g/mol. The summed E-state index contributed by atoms with van der Waals surface area (Å²) in [5.74, 6) is 1.76. The van der Waals surface area contributed by atoms with E-state index in [9.17, 15) is 5.11 Å². The van der Waals surface area contributed by atoms with Crippen molar-refractivity contribution >= 4 is 11.4 Å². The summed E-state index contributed by atoms with van der Waals surface area (Å²) in [6.45, 7) is 12.7. The molecule has 1 unspecified atom stereocenters. The van der Waals surface area contributed by atoms with Gasteiger partial charge < -0.3 is 30.7 Å². The van der Waals surface area contributed by atoms with Gasteiger partial charge in [0.15, 0.2) is 0 Å². The van der Waals surface area contributed by atoms with E-state index in [2.05, 4.69) is 50.4 Å². The highest BCUT2D eigenvalue weighted by Gasteiger charge is 2.22. The van der Waals surface area contributed by atoms with Crippen LogP contribution in [0, 0.1) is 13.8 Å². The lowest BCUT2D eigenvalue weighted by Gasteiger charge is -2.22. The van der Waals surface area contributed by atoms with Gasteiger partial charge in [0.25, 0.3) is 0 Å². The van der Waals surface area contributed by atoms with Crippen LogP contribution < -0.4 is 20.5 Å². The summed E-state index contributed by atoms with van der Waals surface area (Å²) in [4.78, 5) is 0. The number of para-hydroxylation sites is 1. The molecule has 0 radical (unpaired) electrons. The Balaban J connectivity index is 0.000000450. The van der Waals surface area contributed by atoms with E-state index in [0.717, 1.165) is 5.56 Å². The first-order chi connectivity index (χ1) is 17.2. The molecule has 5 N–H and O–H groups in total. The molecule has 0 spiro atoms. The molecule has 0 fully saturated rings. The third-order valence-corrected chi connectivity index (χ3v) is 5.74. The van der Waals surface area contributed by atoms with Crippen LogP contribution in [0.2, 0.25) is 0 Å². The first kappa shape index (κ1) is 30.8. The summed E-state index contributed by atoms with van der Waals surface area (Å²) in [6.07, 6.45) is -0.899. The Bertz CT molecular complexity index is 1050. The topological polar surface area (TPSA) is 97.0 Å². The quantitative estimate of drug-likeness (QED) is 0.276. The second-order valence-corrected chi connectivity index (χ2v) is 8.44. The molecule has 6 heteroatoms. The minimum absolute atomic E-state index is 0.0206. The van der Waals surface area contributed by atoms with E-state index < -0.39 is 6.10 Å². The van der Waals surface area contributed by atoms with E-state index >= 15 is 0 Å². The van der Waals surface area contributed by atoms with Crippen molar-refractivity contribution in [3.05, 3.63) is 82.4 Å². The zero-order chi connectivity index (χ0) is 27.3. The Morgan fingerprint density at radius 1 is 0.889 bits per heavy atom. The van der Waals surface area contributed by atoms with Gasteiger partial charge in [-0.1, -0.05) is 75.7 Å². The van der Waals surface area contributed by atoms with Crippen LogP contribution in [0.25, 0.3) is 0 Å². The Morgan fingerprint density at radius 2 is 1.47 bits per heavy atom. The van der Waals surface area contributed by atoms with Crippen molar-refractivity contribution in [2.45, 2.75) is 53.6 Å². The summed E-state index contributed by atoms with van der Waals surface area (Å²) in [5, 5.41) is 22.9. The fourth-order valence-electron chi connectivity index (χ4n) is 3.62. The van der Waals surface area contributed by atoms with Gasteiger partial charge in [-0.15, -0.1) is 0 Å². The summed E-state index contributed by atoms with van der Waals surface area (Å²) in [7, 11) is 3.10. The van der Waals surface area contributed by atoms with E-state index in [1.807, 2.05) is 39.0 Å². The lowest BCUT2D eigenvalue weighted by molar-refractivity contribution is 0.213. The number of ether oxygens (including phenoxy) is 2. The number of hydrogen-bond donors (Lipinski definition) is 4. The van der Waals surface area contributed by atoms with Gasteiger partial charge in [-0.25, -0.2) is 0 Å². The molecule has 0 amide bonds. The molecule has 3 aromatic rings. The van der Waals surface area contributed by atoms with Crippen molar-refractivity contribution in [1.29, 1.82) is 0 Å². The van der Waals surface area contributed by atoms with E-state index in [0.29, 0.717) is 46.5 Å². The van der Waals surface area contributed by atoms with Crippen molar-refractivity contribution < 1.29 is 19.7 Å². The molecule has 1 atom stereocenters. The Labute approximate surface area is 217 Å². The molecule has 0 aliphatic rings. The van der Waals surface area contributed by atoms with Crippen LogP contribution in [0.1, 0.15) is 67.5 Å². The van der Waals surface area contributed by atoms with Gasteiger partial charge in [0.2, 0.25) is 0 Å². The van der Waals surface area contributed by atoms with Crippen LogP contribution in [0.4, 0.5) is 11.4 Å². The molecule has 0 aliphatic carbocycles. The Hall–Kier alpha value is -3.22. The Kier molecular flexibility index (Phi) is 13.4. The van der Waals surface area contributed by atoms with E-state index in [1.54, 1.807) is 19.2 Å². The summed E-state index contributed by atoms with van der Waals surface area (Å²) >= 11 is 0. The molecule has 198 valence electrons. The number of benzene rings is 3. The van der Waals surface area contributed by atoms with Crippen LogP contribution in [0.3, 0.4) is 0 Å². The molecule has 0 aliphatic heterocycles. The predicted octanol–water partition coefficient (Wildman–Crippen LogP) is 6.22. The maximum Gasteiger partial charge on any atom is 0.144 e. The minimum Gasteiger partial charge on any atom is -0.496 e. The molecular weight excluding hydrogens is 452 g/mol. The lowest BCUT2D eigenvalue weighted by atomic mass is 9.94. The van der Waals surface area contributed by atoms with Crippen molar-refractivity contribution in [3.63, 3.8) is 0 Å². The summed E-state index contributed by atoms with van der Waals surface area (Å²) < 4.78 is 10.7. The molecule has 3 rings (SSSR count). The number of methoxy groups -OCH3 is 2. The second-order valence-electron chi connectivity index (χ2n) is 8.44. The lowest BCUT2D eigenvalue weighted by Crippen LogP contribution is -2.12. The second kappa shape index (κ2) is 15.7. The van der Waals surface area contributed by atoms with Crippen LogP contribution in [-0.2, 0) is 0 Å². The average molecular weight is 497 g/mol. The van der Waals surface area contributed by atoms with Crippen molar-refractivity contribution in [3.8, 4) is 11.5 Å². The number of nitrogen functional groups attached to an aromatic ring is 1. The zero-order valence-corrected chi connectivity index (χ0v) is 23.1. The van der Waals surface area contributed by atoms with Gasteiger partial charge >= 0.3 is 0 Å². The minimum atomic E-state index is -0.899. The number of hydrogen-bond acceptors (Lipinski definition) is 6. The van der Waals surface area contributed by atoms with E-state index in [1.165, 1.54) is 18.2 Å². The highest BCUT2D eigenvalue weighted by Crippen LogP contribution is 2.40.